The molecule has 2 aromatic rings. The molecule has 0 heterocycles. The third-order valence-corrected chi connectivity index (χ3v) is 3.68. The summed E-state index contributed by atoms with van der Waals surface area (Å²) in [5.74, 6) is 0. The second-order valence-corrected chi connectivity index (χ2v) is 5.68. The summed E-state index contributed by atoms with van der Waals surface area (Å²) < 4.78 is 21.7. The largest absolute Gasteiger partial charge is 2.00 e. The van der Waals surface area contributed by atoms with Crippen molar-refractivity contribution >= 4 is 0 Å². The minimum Gasteiger partial charge on any atom is -0.353 e. The van der Waals surface area contributed by atoms with E-state index in [2.05, 4.69) is 24.3 Å². The van der Waals surface area contributed by atoms with Crippen molar-refractivity contribution in [3.8, 4) is 0 Å². The van der Waals surface area contributed by atoms with Gasteiger partial charge in [0.2, 0.25) is 0 Å². The second kappa shape index (κ2) is 17.2. The molecule has 2 aromatic carbocycles. The molecule has 0 aliphatic rings. The molecular formula is C22H34FeO4. The van der Waals surface area contributed by atoms with E-state index in [0.717, 1.165) is 12.8 Å². The Bertz CT molecular complexity index is 450. The van der Waals surface area contributed by atoms with Crippen LogP contribution < -0.4 is 0 Å². The van der Waals surface area contributed by atoms with Crippen molar-refractivity contribution in [2.24, 2.45) is 0 Å². The van der Waals surface area contributed by atoms with Gasteiger partial charge in [0.15, 0.2) is 12.6 Å². The Hall–Kier alpha value is -0.941. The van der Waals surface area contributed by atoms with Crippen molar-refractivity contribution in [2.45, 2.75) is 53.1 Å². The zero-order valence-corrected chi connectivity index (χ0v) is 18.1. The third-order valence-electron chi connectivity index (χ3n) is 3.68. The molecule has 2 rings (SSSR count). The van der Waals surface area contributed by atoms with Gasteiger partial charge < -0.3 is 18.9 Å². The zero-order valence-electron chi connectivity index (χ0n) is 17.0. The fourth-order valence-corrected chi connectivity index (χ4v) is 2.56. The van der Waals surface area contributed by atoms with E-state index in [0.29, 0.717) is 26.4 Å². The van der Waals surface area contributed by atoms with Crippen LogP contribution in [0.3, 0.4) is 0 Å². The maximum absolute atomic E-state index is 5.43. The predicted molar refractivity (Wildman–Crippen MR) is 106 cm³/mol. The van der Waals surface area contributed by atoms with Crippen LogP contribution in [0.1, 0.15) is 38.8 Å². The van der Waals surface area contributed by atoms with Crippen LogP contribution in [0.15, 0.2) is 48.5 Å². The van der Waals surface area contributed by atoms with Gasteiger partial charge in [0, 0.05) is 39.3 Å². The molecule has 0 aliphatic heterocycles. The first-order valence-electron chi connectivity index (χ1n) is 9.60. The fraction of sp³-hybridized carbons (Fsp3) is 0.545. The third kappa shape index (κ3) is 12.2. The van der Waals surface area contributed by atoms with Gasteiger partial charge >= 0.3 is 17.1 Å². The minimum absolute atomic E-state index is 0. The summed E-state index contributed by atoms with van der Waals surface area (Å²) in [6.07, 6.45) is 1.51. The van der Waals surface area contributed by atoms with Gasteiger partial charge in [-0.15, -0.1) is 0 Å². The Morgan fingerprint density at radius 3 is 1.22 bits per heavy atom. The minimum atomic E-state index is -0.0857. The van der Waals surface area contributed by atoms with Gasteiger partial charge in [-0.2, -0.15) is 35.4 Å². The summed E-state index contributed by atoms with van der Waals surface area (Å²) in [6.45, 7) is 10.7. The van der Waals surface area contributed by atoms with Gasteiger partial charge in [0.25, 0.3) is 0 Å². The number of hydrogen-bond donors (Lipinski definition) is 0. The first-order valence-corrected chi connectivity index (χ1v) is 9.60. The summed E-state index contributed by atoms with van der Waals surface area (Å²) >= 11 is 0. The predicted octanol–water partition coefficient (Wildman–Crippen LogP) is 4.69. The molecule has 0 radical (unpaired) electrons. The molecule has 4 nitrogen and oxygen atoms in total. The van der Waals surface area contributed by atoms with E-state index in [-0.39, 0.29) is 29.6 Å². The SMILES string of the molecule is CCOC(Cc1ccc[cH-]1)OCC.CCOC(Cc1ccc[cH-]1)OCC.[Fe+2]. The molecular weight excluding hydrogens is 384 g/mol. The van der Waals surface area contributed by atoms with E-state index in [9.17, 15) is 0 Å². The van der Waals surface area contributed by atoms with Gasteiger partial charge in [-0.05, 0) is 27.7 Å². The first kappa shape index (κ1) is 26.1. The Kier molecular flexibility index (Phi) is 16.6. The maximum Gasteiger partial charge on any atom is 2.00 e. The number of rotatable bonds is 12. The standard InChI is InChI=1S/2C11H17O2.Fe/c2*1-3-12-11(13-4-2)9-10-7-5-6-8-10;/h2*5-8,11H,3-4,9H2,1-2H3;/q2*-1;+2. The molecule has 5 heteroatoms. The van der Waals surface area contributed by atoms with Crippen molar-refractivity contribution in [3.05, 3.63) is 59.7 Å². The van der Waals surface area contributed by atoms with Gasteiger partial charge in [-0.3, -0.25) is 0 Å². The average molecular weight is 418 g/mol. The van der Waals surface area contributed by atoms with Gasteiger partial charge in [-0.1, -0.05) is 0 Å². The van der Waals surface area contributed by atoms with Crippen LogP contribution in [0.25, 0.3) is 0 Å². The molecule has 27 heavy (non-hydrogen) atoms. The van der Waals surface area contributed by atoms with Crippen LogP contribution in [0, 0.1) is 0 Å². The Labute approximate surface area is 175 Å². The molecule has 0 aromatic heterocycles. The molecule has 0 aliphatic carbocycles. The molecule has 0 N–H and O–H groups in total. The van der Waals surface area contributed by atoms with Crippen molar-refractivity contribution in [3.63, 3.8) is 0 Å². The Morgan fingerprint density at radius 2 is 1.00 bits per heavy atom. The van der Waals surface area contributed by atoms with Crippen LogP contribution in [0.4, 0.5) is 0 Å². The van der Waals surface area contributed by atoms with Crippen LogP contribution >= 0.6 is 0 Å². The molecule has 0 amide bonds. The quantitative estimate of drug-likeness (QED) is 0.285. The van der Waals surface area contributed by atoms with Crippen LogP contribution in [0.5, 0.6) is 0 Å². The van der Waals surface area contributed by atoms with Crippen molar-refractivity contribution < 1.29 is 36.0 Å². The van der Waals surface area contributed by atoms with E-state index in [1.54, 1.807) is 0 Å². The van der Waals surface area contributed by atoms with E-state index < -0.39 is 0 Å². The Balaban J connectivity index is 0.000000483. The van der Waals surface area contributed by atoms with E-state index >= 15 is 0 Å². The normalized spacial score (nSPS) is 10.6. The summed E-state index contributed by atoms with van der Waals surface area (Å²) in [4.78, 5) is 0. The van der Waals surface area contributed by atoms with Crippen molar-refractivity contribution in [1.82, 2.24) is 0 Å². The Morgan fingerprint density at radius 1 is 0.667 bits per heavy atom. The van der Waals surface area contributed by atoms with Crippen molar-refractivity contribution in [1.29, 1.82) is 0 Å². The molecule has 154 valence electrons. The van der Waals surface area contributed by atoms with Gasteiger partial charge in [0.05, 0.1) is 0 Å². The van der Waals surface area contributed by atoms with Gasteiger partial charge in [-0.25, -0.2) is 24.3 Å². The molecule has 0 bridgehead atoms. The molecule has 0 fully saturated rings. The smallest absolute Gasteiger partial charge is 0.353 e. The number of hydrogen-bond acceptors (Lipinski definition) is 4. The van der Waals surface area contributed by atoms with E-state index in [1.807, 2.05) is 52.0 Å². The summed E-state index contributed by atoms with van der Waals surface area (Å²) in [7, 11) is 0. The van der Waals surface area contributed by atoms with Gasteiger partial charge in [0.1, 0.15) is 0 Å². The molecule has 0 spiro atoms. The van der Waals surface area contributed by atoms with Crippen molar-refractivity contribution in [2.75, 3.05) is 26.4 Å². The molecule has 0 unspecified atom stereocenters. The summed E-state index contributed by atoms with van der Waals surface area (Å²) in [5.41, 5.74) is 2.54. The van der Waals surface area contributed by atoms with Crippen LogP contribution in [0.2, 0.25) is 0 Å². The average Bonchev–Trinajstić information content (AvgIpc) is 3.30. The number of ether oxygens (including phenoxy) is 4. The first-order chi connectivity index (χ1) is 12.7. The fourth-order valence-electron chi connectivity index (χ4n) is 2.56. The monoisotopic (exact) mass is 418 g/mol. The van der Waals surface area contributed by atoms with Crippen LogP contribution in [-0.2, 0) is 48.9 Å². The summed E-state index contributed by atoms with van der Waals surface area (Å²) in [5, 5.41) is 0. The van der Waals surface area contributed by atoms with E-state index in [4.69, 9.17) is 18.9 Å². The topological polar surface area (TPSA) is 36.9 Å². The maximum atomic E-state index is 5.43. The molecule has 0 saturated carbocycles. The summed E-state index contributed by atoms with van der Waals surface area (Å²) in [6, 6.07) is 16.5. The zero-order chi connectivity index (χ0) is 19.0. The van der Waals surface area contributed by atoms with E-state index in [1.165, 1.54) is 11.1 Å². The van der Waals surface area contributed by atoms with Crippen LogP contribution in [-0.4, -0.2) is 39.0 Å². The molecule has 0 saturated heterocycles. The molecule has 0 atom stereocenters. The second-order valence-electron chi connectivity index (χ2n) is 5.68.